The van der Waals surface area contributed by atoms with Gasteiger partial charge in [-0.15, -0.1) is 0 Å². The van der Waals surface area contributed by atoms with E-state index in [2.05, 4.69) is 11.1 Å². The summed E-state index contributed by atoms with van der Waals surface area (Å²) in [6.45, 7) is 0. The van der Waals surface area contributed by atoms with Gasteiger partial charge in [0.2, 0.25) is 0 Å². The Kier molecular flexibility index (Phi) is 3.34. The molecule has 0 bridgehead atoms. The lowest BCUT2D eigenvalue weighted by Gasteiger charge is -2.20. The molecule has 0 spiro atoms. The fourth-order valence-corrected chi connectivity index (χ4v) is 2.08. The number of pyridine rings is 1. The molecule has 16 heavy (non-hydrogen) atoms. The number of carboxylic acids is 1. The minimum Gasteiger partial charge on any atom is -0.481 e. The smallest absolute Gasteiger partial charge is 0.306 e. The molecule has 1 fully saturated rings. The summed E-state index contributed by atoms with van der Waals surface area (Å²) in [7, 11) is 0. The van der Waals surface area contributed by atoms with Crippen LogP contribution in [0.3, 0.4) is 0 Å². The van der Waals surface area contributed by atoms with Gasteiger partial charge in [0.1, 0.15) is 0 Å². The number of aromatic nitrogens is 1. The van der Waals surface area contributed by atoms with E-state index in [-0.39, 0.29) is 5.92 Å². The lowest BCUT2D eigenvalue weighted by molar-refractivity contribution is -0.142. The third-order valence-corrected chi connectivity index (χ3v) is 3.03. The Morgan fingerprint density at radius 3 is 2.75 bits per heavy atom. The molecule has 0 saturated heterocycles. The van der Waals surface area contributed by atoms with Gasteiger partial charge in [0.05, 0.1) is 5.92 Å². The van der Waals surface area contributed by atoms with Crippen molar-refractivity contribution in [2.75, 3.05) is 0 Å². The van der Waals surface area contributed by atoms with E-state index in [1.165, 1.54) is 5.57 Å². The molecule has 0 atom stereocenters. The molecule has 0 amide bonds. The second kappa shape index (κ2) is 4.92. The summed E-state index contributed by atoms with van der Waals surface area (Å²) in [6.07, 6.45) is 9.03. The Balaban J connectivity index is 1.99. The minimum absolute atomic E-state index is 0.147. The first-order valence-electron chi connectivity index (χ1n) is 5.58. The van der Waals surface area contributed by atoms with Crippen molar-refractivity contribution in [3.05, 3.63) is 35.7 Å². The van der Waals surface area contributed by atoms with Crippen molar-refractivity contribution in [1.82, 2.24) is 4.98 Å². The minimum atomic E-state index is -0.652. The molecule has 1 aliphatic carbocycles. The van der Waals surface area contributed by atoms with Crippen LogP contribution in [0.5, 0.6) is 0 Å². The maximum Gasteiger partial charge on any atom is 0.306 e. The average molecular weight is 217 g/mol. The molecule has 3 nitrogen and oxygen atoms in total. The van der Waals surface area contributed by atoms with Crippen LogP contribution in [0, 0.1) is 5.92 Å². The lowest BCUT2D eigenvalue weighted by Crippen LogP contribution is -2.17. The van der Waals surface area contributed by atoms with E-state index in [9.17, 15) is 4.79 Å². The van der Waals surface area contributed by atoms with E-state index in [0.717, 1.165) is 31.2 Å². The zero-order chi connectivity index (χ0) is 11.4. The molecule has 0 aromatic carbocycles. The third-order valence-electron chi connectivity index (χ3n) is 3.03. The molecule has 0 aliphatic heterocycles. The molecular formula is C13H15NO2. The van der Waals surface area contributed by atoms with E-state index >= 15 is 0 Å². The van der Waals surface area contributed by atoms with E-state index in [1.54, 1.807) is 6.20 Å². The van der Waals surface area contributed by atoms with Gasteiger partial charge in [0, 0.05) is 12.4 Å². The second-order valence-electron chi connectivity index (χ2n) is 4.20. The molecule has 1 N–H and O–H groups in total. The third kappa shape index (κ3) is 2.69. The van der Waals surface area contributed by atoms with Crippen LogP contribution in [0.2, 0.25) is 0 Å². The monoisotopic (exact) mass is 217 g/mol. The first-order chi connectivity index (χ1) is 7.75. The molecule has 1 aliphatic rings. The summed E-state index contributed by atoms with van der Waals surface area (Å²) >= 11 is 0. The van der Waals surface area contributed by atoms with Crippen molar-refractivity contribution in [1.29, 1.82) is 0 Å². The van der Waals surface area contributed by atoms with Crippen LogP contribution in [0.15, 0.2) is 30.1 Å². The first kappa shape index (κ1) is 10.9. The van der Waals surface area contributed by atoms with Crippen molar-refractivity contribution >= 4 is 12.0 Å². The summed E-state index contributed by atoms with van der Waals surface area (Å²) < 4.78 is 0. The number of hydrogen-bond acceptors (Lipinski definition) is 2. The highest BCUT2D eigenvalue weighted by Crippen LogP contribution is 2.29. The maximum absolute atomic E-state index is 10.8. The Hall–Kier alpha value is -1.64. The normalized spacial score (nSPS) is 20.5. The van der Waals surface area contributed by atoms with Gasteiger partial charge in [-0.25, -0.2) is 0 Å². The molecule has 3 heteroatoms. The summed E-state index contributed by atoms with van der Waals surface area (Å²) in [5, 5.41) is 8.88. The van der Waals surface area contributed by atoms with Crippen LogP contribution in [0.4, 0.5) is 0 Å². The van der Waals surface area contributed by atoms with Crippen molar-refractivity contribution in [3.8, 4) is 0 Å². The highest BCUT2D eigenvalue weighted by molar-refractivity contribution is 5.70. The molecule has 0 unspecified atom stereocenters. The quantitative estimate of drug-likeness (QED) is 0.828. The van der Waals surface area contributed by atoms with Crippen molar-refractivity contribution in [2.45, 2.75) is 25.7 Å². The number of nitrogens with zero attached hydrogens (tertiary/aromatic N) is 1. The van der Waals surface area contributed by atoms with Gasteiger partial charge in [0.15, 0.2) is 0 Å². The van der Waals surface area contributed by atoms with Gasteiger partial charge < -0.3 is 5.11 Å². The van der Waals surface area contributed by atoms with Crippen LogP contribution >= 0.6 is 0 Å². The SMILES string of the molecule is O=C(O)C1CCC(=Cc2cccnc2)CC1. The second-order valence-corrected chi connectivity index (χ2v) is 4.20. The summed E-state index contributed by atoms with van der Waals surface area (Å²) in [5.74, 6) is -0.800. The standard InChI is InChI=1S/C13H15NO2/c15-13(16)12-5-3-10(4-6-12)8-11-2-1-7-14-9-11/h1-2,7-9,12H,3-6H2,(H,15,16). The number of allylic oxidation sites excluding steroid dienone is 1. The number of carbonyl (C=O) groups is 1. The summed E-state index contributed by atoms with van der Waals surface area (Å²) in [5.41, 5.74) is 2.44. The Labute approximate surface area is 94.8 Å². The van der Waals surface area contributed by atoms with E-state index in [0.29, 0.717) is 0 Å². The van der Waals surface area contributed by atoms with Crippen LogP contribution < -0.4 is 0 Å². The van der Waals surface area contributed by atoms with Gasteiger partial charge in [-0.3, -0.25) is 9.78 Å². The predicted octanol–water partition coefficient (Wildman–Crippen LogP) is 2.74. The Bertz CT molecular complexity index is 388. The van der Waals surface area contributed by atoms with Gasteiger partial charge >= 0.3 is 5.97 Å². The van der Waals surface area contributed by atoms with E-state index in [4.69, 9.17) is 5.11 Å². The van der Waals surface area contributed by atoms with Crippen LogP contribution in [-0.2, 0) is 4.79 Å². The van der Waals surface area contributed by atoms with Crippen molar-refractivity contribution < 1.29 is 9.90 Å². The highest BCUT2D eigenvalue weighted by atomic mass is 16.4. The molecular weight excluding hydrogens is 202 g/mol. The summed E-state index contributed by atoms with van der Waals surface area (Å²) in [6, 6.07) is 3.93. The van der Waals surface area contributed by atoms with Gasteiger partial charge in [0.25, 0.3) is 0 Å². The topological polar surface area (TPSA) is 50.2 Å². The van der Waals surface area contributed by atoms with Gasteiger partial charge in [-0.2, -0.15) is 0 Å². The molecule has 1 heterocycles. The van der Waals surface area contributed by atoms with Gasteiger partial charge in [-0.1, -0.05) is 17.7 Å². The molecule has 1 saturated carbocycles. The van der Waals surface area contributed by atoms with Crippen LogP contribution in [0.25, 0.3) is 6.08 Å². The van der Waals surface area contributed by atoms with E-state index in [1.807, 2.05) is 18.3 Å². The number of aliphatic carboxylic acids is 1. The zero-order valence-corrected chi connectivity index (χ0v) is 9.10. The molecule has 0 radical (unpaired) electrons. The number of hydrogen-bond donors (Lipinski definition) is 1. The van der Waals surface area contributed by atoms with Gasteiger partial charge in [-0.05, 0) is 37.3 Å². The molecule has 1 aromatic rings. The Morgan fingerprint density at radius 2 is 2.19 bits per heavy atom. The number of rotatable bonds is 2. The fourth-order valence-electron chi connectivity index (χ4n) is 2.08. The fraction of sp³-hybridized carbons (Fsp3) is 0.385. The lowest BCUT2D eigenvalue weighted by atomic mass is 9.85. The molecule has 1 aromatic heterocycles. The molecule has 84 valence electrons. The zero-order valence-electron chi connectivity index (χ0n) is 9.10. The van der Waals surface area contributed by atoms with Crippen LogP contribution in [0.1, 0.15) is 31.2 Å². The van der Waals surface area contributed by atoms with Crippen molar-refractivity contribution in [2.24, 2.45) is 5.92 Å². The largest absolute Gasteiger partial charge is 0.481 e. The maximum atomic E-state index is 10.8. The summed E-state index contributed by atoms with van der Waals surface area (Å²) in [4.78, 5) is 14.8. The van der Waals surface area contributed by atoms with Crippen LogP contribution in [-0.4, -0.2) is 16.1 Å². The first-order valence-corrected chi connectivity index (χ1v) is 5.58. The van der Waals surface area contributed by atoms with Crippen molar-refractivity contribution in [3.63, 3.8) is 0 Å². The van der Waals surface area contributed by atoms with E-state index < -0.39 is 5.97 Å². The Morgan fingerprint density at radius 1 is 1.44 bits per heavy atom. The molecule has 2 rings (SSSR count). The highest BCUT2D eigenvalue weighted by Gasteiger charge is 2.22. The number of carboxylic acid groups (broad SMARTS) is 1. The predicted molar refractivity (Wildman–Crippen MR) is 61.8 cm³/mol. The average Bonchev–Trinajstić information content (AvgIpc) is 2.31.